The van der Waals surface area contributed by atoms with Gasteiger partial charge >= 0.3 is 0 Å². The average Bonchev–Trinajstić information content (AvgIpc) is 3.19. The van der Waals surface area contributed by atoms with E-state index in [1.165, 1.54) is 11.3 Å². The first-order valence-electron chi connectivity index (χ1n) is 7.37. The standard InChI is InChI=1S/C15H18N2O3S3/c1-10-7-22-15(16-10)13(6-11-2-4-21-8-11)17-14(18)12-3-5-23(19,20)9-12/h2,4,7-8,12-13H,3,5-6,9H2,1H3,(H,17,18). The summed E-state index contributed by atoms with van der Waals surface area (Å²) in [5.41, 5.74) is 2.07. The second kappa shape index (κ2) is 6.70. The van der Waals surface area contributed by atoms with Crippen LogP contribution in [-0.4, -0.2) is 30.8 Å². The minimum atomic E-state index is -3.06. The maximum atomic E-state index is 12.5. The highest BCUT2D eigenvalue weighted by Gasteiger charge is 2.34. The van der Waals surface area contributed by atoms with E-state index in [1.807, 2.05) is 23.8 Å². The molecule has 0 radical (unpaired) electrons. The molecule has 2 atom stereocenters. The zero-order chi connectivity index (χ0) is 16.4. The van der Waals surface area contributed by atoms with E-state index in [-0.39, 0.29) is 23.5 Å². The van der Waals surface area contributed by atoms with Crippen LogP contribution in [0.5, 0.6) is 0 Å². The first kappa shape index (κ1) is 16.6. The van der Waals surface area contributed by atoms with Crippen LogP contribution < -0.4 is 5.32 Å². The summed E-state index contributed by atoms with van der Waals surface area (Å²) in [6, 6.07) is 1.82. The van der Waals surface area contributed by atoms with E-state index < -0.39 is 15.8 Å². The monoisotopic (exact) mass is 370 g/mol. The van der Waals surface area contributed by atoms with Crippen LogP contribution in [0.15, 0.2) is 22.2 Å². The number of aromatic nitrogens is 1. The molecule has 3 heterocycles. The molecule has 1 aliphatic heterocycles. The fraction of sp³-hybridized carbons (Fsp3) is 0.467. The number of sulfone groups is 1. The molecule has 5 nitrogen and oxygen atoms in total. The number of carbonyl (C=O) groups excluding carboxylic acids is 1. The number of thiazole rings is 1. The van der Waals surface area contributed by atoms with Crippen molar-refractivity contribution in [1.29, 1.82) is 0 Å². The van der Waals surface area contributed by atoms with E-state index in [0.29, 0.717) is 12.8 Å². The summed E-state index contributed by atoms with van der Waals surface area (Å²) in [5, 5.41) is 9.90. The van der Waals surface area contributed by atoms with Crippen LogP contribution >= 0.6 is 22.7 Å². The van der Waals surface area contributed by atoms with Crippen molar-refractivity contribution < 1.29 is 13.2 Å². The predicted molar refractivity (Wildman–Crippen MR) is 92.5 cm³/mol. The maximum absolute atomic E-state index is 12.5. The smallest absolute Gasteiger partial charge is 0.224 e. The second-order valence-electron chi connectivity index (χ2n) is 5.82. The molecule has 0 aliphatic carbocycles. The molecule has 3 rings (SSSR count). The van der Waals surface area contributed by atoms with E-state index in [0.717, 1.165) is 16.3 Å². The van der Waals surface area contributed by atoms with Crippen LogP contribution in [0.2, 0.25) is 0 Å². The van der Waals surface area contributed by atoms with Crippen LogP contribution in [0.4, 0.5) is 0 Å². The number of nitrogens with one attached hydrogen (secondary N) is 1. The molecule has 23 heavy (non-hydrogen) atoms. The largest absolute Gasteiger partial charge is 0.346 e. The zero-order valence-corrected chi connectivity index (χ0v) is 15.1. The lowest BCUT2D eigenvalue weighted by Crippen LogP contribution is -2.35. The number of nitrogens with zero attached hydrogens (tertiary/aromatic N) is 1. The topological polar surface area (TPSA) is 76.1 Å². The summed E-state index contributed by atoms with van der Waals surface area (Å²) in [4.78, 5) is 16.9. The molecular weight excluding hydrogens is 352 g/mol. The molecule has 1 N–H and O–H groups in total. The Kier molecular flexibility index (Phi) is 4.84. The van der Waals surface area contributed by atoms with E-state index in [1.54, 1.807) is 11.3 Å². The maximum Gasteiger partial charge on any atom is 0.224 e. The zero-order valence-electron chi connectivity index (χ0n) is 12.7. The van der Waals surface area contributed by atoms with Gasteiger partial charge in [0, 0.05) is 17.5 Å². The molecule has 124 valence electrons. The van der Waals surface area contributed by atoms with Crippen molar-refractivity contribution >= 4 is 38.4 Å². The van der Waals surface area contributed by atoms with Gasteiger partial charge in [-0.3, -0.25) is 4.79 Å². The summed E-state index contributed by atoms with van der Waals surface area (Å²) in [7, 11) is -3.06. The molecule has 2 aromatic heterocycles. The van der Waals surface area contributed by atoms with Gasteiger partial charge in [0.1, 0.15) is 5.01 Å². The summed E-state index contributed by atoms with van der Waals surface area (Å²) in [6.07, 6.45) is 1.08. The number of carbonyl (C=O) groups is 1. The third-order valence-corrected chi connectivity index (χ3v) is 7.45. The van der Waals surface area contributed by atoms with Crippen LogP contribution in [0.1, 0.15) is 28.7 Å². The molecular formula is C15H18N2O3S3. The Morgan fingerprint density at radius 1 is 1.48 bits per heavy atom. The van der Waals surface area contributed by atoms with Gasteiger partial charge in [0.2, 0.25) is 5.91 Å². The van der Waals surface area contributed by atoms with Gasteiger partial charge in [0.05, 0.1) is 23.5 Å². The van der Waals surface area contributed by atoms with Crippen molar-refractivity contribution in [2.24, 2.45) is 5.92 Å². The molecule has 2 unspecified atom stereocenters. The van der Waals surface area contributed by atoms with Crippen molar-refractivity contribution in [3.05, 3.63) is 38.5 Å². The highest BCUT2D eigenvalue weighted by atomic mass is 32.2. The molecule has 0 aromatic carbocycles. The Morgan fingerprint density at radius 3 is 2.87 bits per heavy atom. The summed E-state index contributed by atoms with van der Waals surface area (Å²) in [5.74, 6) is -0.553. The van der Waals surface area contributed by atoms with Crippen molar-refractivity contribution in [1.82, 2.24) is 10.3 Å². The van der Waals surface area contributed by atoms with Crippen LogP contribution in [0.25, 0.3) is 0 Å². The fourth-order valence-corrected chi connectivity index (χ4v) is 5.94. The second-order valence-corrected chi connectivity index (χ2v) is 9.72. The Morgan fingerprint density at radius 2 is 2.30 bits per heavy atom. The van der Waals surface area contributed by atoms with Crippen molar-refractivity contribution in [2.75, 3.05) is 11.5 Å². The van der Waals surface area contributed by atoms with E-state index in [9.17, 15) is 13.2 Å². The van der Waals surface area contributed by atoms with Crippen molar-refractivity contribution in [2.45, 2.75) is 25.8 Å². The molecule has 1 amide bonds. The minimum Gasteiger partial charge on any atom is -0.346 e. The molecule has 0 saturated carbocycles. The Bertz CT molecular complexity index is 781. The number of aryl methyl sites for hydroxylation is 1. The lowest BCUT2D eigenvalue weighted by atomic mass is 10.1. The van der Waals surface area contributed by atoms with E-state index in [4.69, 9.17) is 0 Å². The number of rotatable bonds is 5. The van der Waals surface area contributed by atoms with Crippen molar-refractivity contribution in [3.63, 3.8) is 0 Å². The highest BCUT2D eigenvalue weighted by Crippen LogP contribution is 2.25. The Labute approximate surface area is 143 Å². The molecule has 1 aliphatic rings. The van der Waals surface area contributed by atoms with Gasteiger partial charge in [-0.15, -0.1) is 11.3 Å². The van der Waals surface area contributed by atoms with Gasteiger partial charge in [-0.2, -0.15) is 11.3 Å². The van der Waals surface area contributed by atoms with Gasteiger partial charge in [-0.1, -0.05) is 0 Å². The van der Waals surface area contributed by atoms with Crippen LogP contribution in [0.3, 0.4) is 0 Å². The molecule has 0 bridgehead atoms. The van der Waals surface area contributed by atoms with Gasteiger partial charge in [0.25, 0.3) is 0 Å². The van der Waals surface area contributed by atoms with E-state index >= 15 is 0 Å². The van der Waals surface area contributed by atoms with Gasteiger partial charge in [-0.25, -0.2) is 13.4 Å². The minimum absolute atomic E-state index is 0.0408. The summed E-state index contributed by atoms with van der Waals surface area (Å²) < 4.78 is 23.1. The lowest BCUT2D eigenvalue weighted by molar-refractivity contribution is -0.125. The van der Waals surface area contributed by atoms with Crippen LogP contribution in [-0.2, 0) is 21.1 Å². The third kappa shape index (κ3) is 4.19. The fourth-order valence-electron chi connectivity index (χ4n) is 2.67. The molecule has 1 saturated heterocycles. The average molecular weight is 371 g/mol. The normalized spacial score (nSPS) is 21.2. The Balaban J connectivity index is 1.74. The molecule has 2 aromatic rings. The number of hydrogen-bond acceptors (Lipinski definition) is 6. The molecule has 1 fully saturated rings. The number of hydrogen-bond donors (Lipinski definition) is 1. The Hall–Kier alpha value is -1.25. The highest BCUT2D eigenvalue weighted by molar-refractivity contribution is 7.91. The molecule has 8 heteroatoms. The van der Waals surface area contributed by atoms with Gasteiger partial charge < -0.3 is 5.32 Å². The summed E-state index contributed by atoms with van der Waals surface area (Å²) in [6.45, 7) is 1.92. The summed E-state index contributed by atoms with van der Waals surface area (Å²) >= 11 is 3.14. The SMILES string of the molecule is Cc1csc(C(Cc2ccsc2)NC(=O)C2CCS(=O)(=O)C2)n1. The van der Waals surface area contributed by atoms with E-state index in [2.05, 4.69) is 15.7 Å². The number of amides is 1. The quantitative estimate of drug-likeness (QED) is 0.876. The van der Waals surface area contributed by atoms with Crippen LogP contribution in [0, 0.1) is 12.8 Å². The molecule has 0 spiro atoms. The third-order valence-electron chi connectivity index (χ3n) is 3.87. The number of thiophene rings is 1. The predicted octanol–water partition coefficient (Wildman–Crippen LogP) is 2.35. The first-order chi connectivity index (χ1) is 10.9. The van der Waals surface area contributed by atoms with Gasteiger partial charge in [-0.05, 0) is 35.7 Å². The lowest BCUT2D eigenvalue weighted by Gasteiger charge is -2.18. The van der Waals surface area contributed by atoms with Gasteiger partial charge in [0.15, 0.2) is 9.84 Å². The van der Waals surface area contributed by atoms with Crippen molar-refractivity contribution in [3.8, 4) is 0 Å². The first-order valence-corrected chi connectivity index (χ1v) is 11.0.